The average molecular weight is 413 g/mol. The zero-order valence-corrected chi connectivity index (χ0v) is 17.0. The topological polar surface area (TPSA) is 76.3 Å². The van der Waals surface area contributed by atoms with Crippen LogP contribution in [0.2, 0.25) is 0 Å². The molecule has 2 aliphatic rings. The minimum Gasteiger partial charge on any atom is -0.507 e. The molecule has 1 saturated heterocycles. The smallest absolute Gasteiger partial charge is 0.251 e. The van der Waals surface area contributed by atoms with Crippen molar-refractivity contribution >= 4 is 5.82 Å². The summed E-state index contributed by atoms with van der Waals surface area (Å²) in [6, 6.07) is 7.32. The Bertz CT molecular complexity index is 951. The number of anilines is 1. The van der Waals surface area contributed by atoms with Gasteiger partial charge in [-0.2, -0.15) is 5.26 Å². The molecule has 0 unspecified atom stereocenters. The minimum atomic E-state index is -2.32. The number of phenolic OH excluding ortho intramolecular Hbond substituents is 1. The fourth-order valence-corrected chi connectivity index (χ4v) is 4.69. The standard InChI is InChI=1S/C22H25F2N5O/c1-14-8-15(11-25)9-19(30)21(14)18-10-16-4-2-7-29(22(16)27-26-18)17-5-3-6-28(12-17)13-20(23)24/h8-10,17,20,30H,2-7,12-13H2,1H3/t17-/m0/s1. The minimum absolute atomic E-state index is 0.0170. The third kappa shape index (κ3) is 4.08. The number of hydrogen-bond donors (Lipinski definition) is 1. The summed E-state index contributed by atoms with van der Waals surface area (Å²) in [5.74, 6) is 0.836. The van der Waals surface area contributed by atoms with E-state index in [1.54, 1.807) is 6.07 Å². The first-order chi connectivity index (χ1) is 14.5. The number of phenols is 1. The van der Waals surface area contributed by atoms with Gasteiger partial charge in [-0.25, -0.2) is 8.78 Å². The Morgan fingerprint density at radius 2 is 2.07 bits per heavy atom. The van der Waals surface area contributed by atoms with Crippen molar-refractivity contribution in [3.8, 4) is 23.1 Å². The lowest BCUT2D eigenvalue weighted by atomic mass is 9.96. The van der Waals surface area contributed by atoms with Gasteiger partial charge in [0.1, 0.15) is 5.75 Å². The van der Waals surface area contributed by atoms with Crippen LogP contribution < -0.4 is 4.90 Å². The van der Waals surface area contributed by atoms with Crippen molar-refractivity contribution in [1.29, 1.82) is 5.26 Å². The first-order valence-corrected chi connectivity index (χ1v) is 10.3. The maximum atomic E-state index is 12.8. The number of halogens is 2. The normalized spacial score (nSPS) is 19.6. The van der Waals surface area contributed by atoms with Crippen molar-refractivity contribution in [2.24, 2.45) is 0 Å². The Labute approximate surface area is 174 Å². The van der Waals surface area contributed by atoms with Crippen molar-refractivity contribution in [3.63, 3.8) is 0 Å². The molecule has 1 N–H and O–H groups in total. The molecule has 30 heavy (non-hydrogen) atoms. The van der Waals surface area contributed by atoms with E-state index in [0.29, 0.717) is 29.9 Å². The van der Waals surface area contributed by atoms with E-state index in [-0.39, 0.29) is 18.3 Å². The Morgan fingerprint density at radius 1 is 1.23 bits per heavy atom. The summed E-state index contributed by atoms with van der Waals surface area (Å²) in [6.07, 6.45) is 1.35. The molecule has 1 aromatic carbocycles. The highest BCUT2D eigenvalue weighted by Crippen LogP contribution is 2.36. The summed E-state index contributed by atoms with van der Waals surface area (Å²) >= 11 is 0. The highest BCUT2D eigenvalue weighted by molar-refractivity contribution is 5.73. The van der Waals surface area contributed by atoms with Gasteiger partial charge in [0.25, 0.3) is 6.43 Å². The predicted molar refractivity (Wildman–Crippen MR) is 110 cm³/mol. The average Bonchev–Trinajstić information content (AvgIpc) is 2.72. The SMILES string of the molecule is Cc1cc(C#N)cc(O)c1-c1cc2c(nn1)N([C@H]1CCCN(CC(F)F)C1)CCC2. The summed E-state index contributed by atoms with van der Waals surface area (Å²) in [5, 5.41) is 28.4. The van der Waals surface area contributed by atoms with Crippen molar-refractivity contribution in [2.45, 2.75) is 45.1 Å². The Morgan fingerprint density at radius 3 is 2.80 bits per heavy atom. The summed E-state index contributed by atoms with van der Waals surface area (Å²) in [4.78, 5) is 4.06. The van der Waals surface area contributed by atoms with Crippen LogP contribution in [-0.4, -0.2) is 58.9 Å². The van der Waals surface area contributed by atoms with Gasteiger partial charge in [0.05, 0.1) is 23.9 Å². The van der Waals surface area contributed by atoms with E-state index in [0.717, 1.165) is 49.2 Å². The van der Waals surface area contributed by atoms with Gasteiger partial charge in [0.15, 0.2) is 5.82 Å². The predicted octanol–water partition coefficient (Wildman–Crippen LogP) is 3.51. The maximum absolute atomic E-state index is 12.8. The third-order valence-electron chi connectivity index (χ3n) is 5.99. The molecule has 0 radical (unpaired) electrons. The lowest BCUT2D eigenvalue weighted by Crippen LogP contribution is -2.51. The molecule has 0 bridgehead atoms. The summed E-state index contributed by atoms with van der Waals surface area (Å²) < 4.78 is 25.7. The van der Waals surface area contributed by atoms with Crippen LogP contribution in [-0.2, 0) is 6.42 Å². The number of aromatic hydroxyl groups is 1. The van der Waals surface area contributed by atoms with Gasteiger partial charge in [-0.1, -0.05) is 0 Å². The van der Waals surface area contributed by atoms with Crippen molar-refractivity contribution < 1.29 is 13.9 Å². The van der Waals surface area contributed by atoms with Gasteiger partial charge in [0.2, 0.25) is 0 Å². The lowest BCUT2D eigenvalue weighted by molar-refractivity contribution is 0.0733. The van der Waals surface area contributed by atoms with E-state index in [1.807, 2.05) is 24.0 Å². The summed E-state index contributed by atoms with van der Waals surface area (Å²) in [6.45, 7) is 3.82. The van der Waals surface area contributed by atoms with E-state index in [9.17, 15) is 13.9 Å². The van der Waals surface area contributed by atoms with E-state index in [1.165, 1.54) is 6.07 Å². The Kier molecular flexibility index (Phi) is 5.82. The molecule has 0 amide bonds. The number of rotatable bonds is 4. The van der Waals surface area contributed by atoms with Crippen LogP contribution >= 0.6 is 0 Å². The number of likely N-dealkylation sites (tertiary alicyclic amines) is 1. The summed E-state index contributed by atoms with van der Waals surface area (Å²) in [5.41, 5.74) is 3.39. The number of alkyl halides is 2. The molecule has 0 saturated carbocycles. The summed E-state index contributed by atoms with van der Waals surface area (Å²) in [7, 11) is 0. The van der Waals surface area contributed by atoms with Crippen molar-refractivity contribution in [1.82, 2.24) is 15.1 Å². The fourth-order valence-electron chi connectivity index (χ4n) is 4.69. The number of hydrogen-bond acceptors (Lipinski definition) is 6. The van der Waals surface area contributed by atoms with Crippen LogP contribution in [0.1, 0.15) is 36.0 Å². The number of nitrogens with zero attached hydrogens (tertiary/aromatic N) is 5. The van der Waals surface area contributed by atoms with Crippen LogP contribution in [0.4, 0.5) is 14.6 Å². The van der Waals surface area contributed by atoms with Crippen molar-refractivity contribution in [2.75, 3.05) is 31.1 Å². The highest BCUT2D eigenvalue weighted by atomic mass is 19.3. The van der Waals surface area contributed by atoms with Gasteiger partial charge in [0, 0.05) is 24.7 Å². The second-order valence-electron chi connectivity index (χ2n) is 8.12. The first kappa shape index (κ1) is 20.5. The van der Waals surface area contributed by atoms with E-state index in [4.69, 9.17) is 5.26 Å². The molecule has 1 fully saturated rings. The highest BCUT2D eigenvalue weighted by Gasteiger charge is 2.31. The Balaban J connectivity index is 1.62. The molecule has 158 valence electrons. The number of benzene rings is 1. The molecule has 1 atom stereocenters. The Hall–Kier alpha value is -2.79. The fraction of sp³-hybridized carbons (Fsp3) is 0.500. The number of aromatic nitrogens is 2. The third-order valence-corrected chi connectivity index (χ3v) is 5.99. The zero-order valence-electron chi connectivity index (χ0n) is 17.0. The molecule has 0 spiro atoms. The molecule has 1 aromatic heterocycles. The van der Waals surface area contributed by atoms with E-state index < -0.39 is 6.43 Å². The van der Waals surface area contributed by atoms with Gasteiger partial charge >= 0.3 is 0 Å². The monoisotopic (exact) mass is 413 g/mol. The lowest BCUT2D eigenvalue weighted by Gasteiger charge is -2.42. The second kappa shape index (κ2) is 8.52. The molecule has 4 rings (SSSR count). The molecular weight excluding hydrogens is 388 g/mol. The van der Waals surface area contributed by atoms with Crippen LogP contribution in [0, 0.1) is 18.3 Å². The largest absolute Gasteiger partial charge is 0.507 e. The van der Waals surface area contributed by atoms with Gasteiger partial charge < -0.3 is 10.0 Å². The molecule has 6 nitrogen and oxygen atoms in total. The van der Waals surface area contributed by atoms with Gasteiger partial charge in [-0.15, -0.1) is 10.2 Å². The number of piperidine rings is 1. The number of fused-ring (bicyclic) bond motifs is 1. The van der Waals surface area contributed by atoms with Crippen LogP contribution in [0.25, 0.3) is 11.3 Å². The quantitative estimate of drug-likeness (QED) is 0.827. The van der Waals surface area contributed by atoms with Crippen LogP contribution in [0.5, 0.6) is 5.75 Å². The number of nitriles is 1. The molecular formula is C22H25F2N5O. The zero-order chi connectivity index (χ0) is 21.3. The van der Waals surface area contributed by atoms with Crippen LogP contribution in [0.15, 0.2) is 18.2 Å². The van der Waals surface area contributed by atoms with E-state index >= 15 is 0 Å². The van der Waals surface area contributed by atoms with Crippen LogP contribution in [0.3, 0.4) is 0 Å². The molecule has 3 heterocycles. The molecule has 8 heteroatoms. The molecule has 2 aliphatic heterocycles. The second-order valence-corrected chi connectivity index (χ2v) is 8.12. The first-order valence-electron chi connectivity index (χ1n) is 10.3. The molecule has 0 aliphatic carbocycles. The maximum Gasteiger partial charge on any atom is 0.251 e. The number of aryl methyl sites for hydroxylation is 2. The molecule has 2 aromatic rings. The van der Waals surface area contributed by atoms with Gasteiger partial charge in [-0.3, -0.25) is 4.90 Å². The van der Waals surface area contributed by atoms with Crippen molar-refractivity contribution in [3.05, 3.63) is 34.9 Å². The van der Waals surface area contributed by atoms with E-state index in [2.05, 4.69) is 15.1 Å². The van der Waals surface area contributed by atoms with Gasteiger partial charge in [-0.05, 0) is 68.5 Å².